The molecular weight excluding hydrogens is 601 g/mol. The molecule has 3 aromatic heterocycles. The molecule has 8 bridgehead atoms. The molecule has 7 aromatic rings. The molecule has 2 aliphatic rings. The maximum absolute atomic E-state index is 12.2. The van der Waals surface area contributed by atoms with E-state index in [1.807, 2.05) is 30.3 Å². The average Bonchev–Trinajstić information content (AvgIpc) is 3.98. The minimum atomic E-state index is -0.0346. The Kier molecular flexibility index (Phi) is 6.87. The summed E-state index contributed by atoms with van der Waals surface area (Å²) in [4.78, 5) is 18.1. The van der Waals surface area contributed by atoms with E-state index >= 15 is 0 Å². The number of H-pyrrole nitrogens is 2. The highest BCUT2D eigenvalue weighted by molar-refractivity contribution is 5.99. The van der Waals surface area contributed by atoms with Gasteiger partial charge in [-0.1, -0.05) is 115 Å². The molecule has 4 aromatic carbocycles. The third-order valence-corrected chi connectivity index (χ3v) is 9.08. The summed E-state index contributed by atoms with van der Waals surface area (Å²) in [6.07, 6.45) is 8.36. The zero-order valence-electron chi connectivity index (χ0n) is 26.4. The van der Waals surface area contributed by atoms with Crippen molar-refractivity contribution in [1.82, 2.24) is 19.9 Å². The van der Waals surface area contributed by atoms with Crippen LogP contribution >= 0.6 is 0 Å². The highest BCUT2D eigenvalue weighted by Gasteiger charge is 2.18. The highest BCUT2D eigenvalue weighted by atomic mass is 16.3. The molecule has 49 heavy (non-hydrogen) atoms. The van der Waals surface area contributed by atoms with Gasteiger partial charge in [0.1, 0.15) is 0 Å². The molecule has 232 valence electrons. The molecular formula is C44H29N4O-. The maximum atomic E-state index is 12.2. The number of hydrogen-bond donors (Lipinski definition) is 2. The van der Waals surface area contributed by atoms with Gasteiger partial charge in [0, 0.05) is 44.3 Å². The van der Waals surface area contributed by atoms with E-state index in [0.717, 1.165) is 89.4 Å². The van der Waals surface area contributed by atoms with Crippen LogP contribution < -0.4 is 5.11 Å². The molecule has 0 unspecified atom stereocenters. The second-order valence-corrected chi connectivity index (χ2v) is 12.1. The normalized spacial score (nSPS) is 12.0. The van der Waals surface area contributed by atoms with Gasteiger partial charge in [0.05, 0.1) is 22.8 Å². The summed E-state index contributed by atoms with van der Waals surface area (Å²) < 4.78 is 0. The van der Waals surface area contributed by atoms with Gasteiger partial charge in [-0.25, -0.2) is 9.97 Å². The molecule has 5 nitrogen and oxygen atoms in total. The van der Waals surface area contributed by atoms with Crippen LogP contribution in [0.15, 0.2) is 140 Å². The summed E-state index contributed by atoms with van der Waals surface area (Å²) >= 11 is 0. The van der Waals surface area contributed by atoms with E-state index in [4.69, 9.17) is 9.97 Å². The standard InChI is InChI=1S/C44H30N4O/c49-32-18-16-31(17-19-32)44-39-26-24-37(47-39)42(29-12-6-2-7-13-29)35-22-20-33(45-35)41(28-10-4-1-5-11-28)34-21-23-36(46-34)43(30-14-8-3-9-15-30)38-25-27-40(44)48-38/h1-27,45,48-49H/p-1. The van der Waals surface area contributed by atoms with E-state index < -0.39 is 0 Å². The van der Waals surface area contributed by atoms with Crippen LogP contribution in [0.4, 0.5) is 0 Å². The quantitative estimate of drug-likeness (QED) is 0.203. The van der Waals surface area contributed by atoms with Crippen LogP contribution in [0.1, 0.15) is 22.8 Å². The molecule has 0 saturated heterocycles. The third kappa shape index (κ3) is 5.14. The van der Waals surface area contributed by atoms with E-state index in [9.17, 15) is 5.11 Å². The van der Waals surface area contributed by atoms with Crippen molar-refractivity contribution in [2.75, 3.05) is 0 Å². The van der Waals surface area contributed by atoms with Gasteiger partial charge < -0.3 is 15.1 Å². The fraction of sp³-hybridized carbons (Fsp3) is 0. The second-order valence-electron chi connectivity index (χ2n) is 12.1. The largest absolute Gasteiger partial charge is 0.872 e. The van der Waals surface area contributed by atoms with Crippen molar-refractivity contribution >= 4 is 46.4 Å². The number of rotatable bonds is 4. The molecule has 9 rings (SSSR count). The number of benzene rings is 4. The Labute approximate surface area is 283 Å². The molecule has 5 heterocycles. The van der Waals surface area contributed by atoms with E-state index in [-0.39, 0.29) is 5.75 Å². The molecule has 2 N–H and O–H groups in total. The second kappa shape index (κ2) is 11.8. The summed E-state index contributed by atoms with van der Waals surface area (Å²) in [5, 5.41) is 12.2. The van der Waals surface area contributed by atoms with Crippen molar-refractivity contribution in [3.63, 3.8) is 0 Å². The first-order valence-corrected chi connectivity index (χ1v) is 16.3. The van der Waals surface area contributed by atoms with Crippen molar-refractivity contribution in [1.29, 1.82) is 0 Å². The van der Waals surface area contributed by atoms with Gasteiger partial charge in [-0.3, -0.25) is 0 Å². The van der Waals surface area contributed by atoms with Crippen molar-refractivity contribution in [2.24, 2.45) is 0 Å². The van der Waals surface area contributed by atoms with Crippen LogP contribution in [-0.2, 0) is 0 Å². The summed E-state index contributed by atoms with van der Waals surface area (Å²) in [5.41, 5.74) is 15.1. The predicted molar refractivity (Wildman–Crippen MR) is 200 cm³/mol. The maximum Gasteiger partial charge on any atom is 0.0737 e. The zero-order valence-corrected chi connectivity index (χ0v) is 26.4. The third-order valence-electron chi connectivity index (χ3n) is 9.08. The Hall–Kier alpha value is -6.72. The van der Waals surface area contributed by atoms with E-state index in [1.165, 1.54) is 0 Å². The molecule has 0 spiro atoms. The lowest BCUT2D eigenvalue weighted by Crippen LogP contribution is -1.91. The Morgan fingerprint density at radius 2 is 0.612 bits per heavy atom. The van der Waals surface area contributed by atoms with Crippen molar-refractivity contribution in [3.8, 4) is 50.3 Å². The van der Waals surface area contributed by atoms with Crippen molar-refractivity contribution in [3.05, 3.63) is 162 Å². The van der Waals surface area contributed by atoms with Gasteiger partial charge in [0.15, 0.2) is 0 Å². The van der Waals surface area contributed by atoms with Crippen LogP contribution in [0, 0.1) is 0 Å². The van der Waals surface area contributed by atoms with Crippen molar-refractivity contribution < 1.29 is 5.11 Å². The summed E-state index contributed by atoms with van der Waals surface area (Å²) in [7, 11) is 0. The van der Waals surface area contributed by atoms with E-state index in [2.05, 4.69) is 131 Å². The monoisotopic (exact) mass is 629 g/mol. The summed E-state index contributed by atoms with van der Waals surface area (Å²) in [6, 6.07) is 46.6. The van der Waals surface area contributed by atoms with Gasteiger partial charge >= 0.3 is 0 Å². The van der Waals surface area contributed by atoms with Gasteiger partial charge in [-0.2, -0.15) is 0 Å². The zero-order chi connectivity index (χ0) is 32.7. The lowest BCUT2D eigenvalue weighted by atomic mass is 10.0. The number of aromatic nitrogens is 4. The minimum absolute atomic E-state index is 0.0346. The highest BCUT2D eigenvalue weighted by Crippen LogP contribution is 2.38. The number of nitrogens with zero attached hydrogens (tertiary/aromatic N) is 2. The van der Waals surface area contributed by atoms with Crippen LogP contribution in [0.2, 0.25) is 0 Å². The van der Waals surface area contributed by atoms with Crippen LogP contribution in [0.3, 0.4) is 0 Å². The fourth-order valence-corrected chi connectivity index (χ4v) is 6.86. The SMILES string of the molecule is [O-]c1ccc(-c2c3nc(c(-c4ccccc4)c4ccc([nH]4)c(-c4ccccc4)c4nc(c(-c5ccccc5)c5ccc2[nH]5)C=C4)C=C3)cc1. The number of aromatic amines is 2. The van der Waals surface area contributed by atoms with Gasteiger partial charge in [0.25, 0.3) is 0 Å². The fourth-order valence-electron chi connectivity index (χ4n) is 6.86. The Balaban J connectivity index is 1.48. The van der Waals surface area contributed by atoms with Crippen LogP contribution in [0.25, 0.3) is 90.9 Å². The summed E-state index contributed by atoms with van der Waals surface area (Å²) in [6.45, 7) is 0. The molecule has 0 radical (unpaired) electrons. The topological polar surface area (TPSA) is 80.4 Å². The first kappa shape index (κ1) is 28.5. The molecule has 0 aliphatic carbocycles. The smallest absolute Gasteiger partial charge is 0.0737 e. The number of nitrogens with one attached hydrogen (secondary N) is 2. The molecule has 0 amide bonds. The van der Waals surface area contributed by atoms with Crippen LogP contribution in [0.5, 0.6) is 5.75 Å². The molecule has 0 fully saturated rings. The Morgan fingerprint density at radius 1 is 0.327 bits per heavy atom. The summed E-state index contributed by atoms with van der Waals surface area (Å²) in [5.74, 6) is -0.0346. The predicted octanol–water partition coefficient (Wildman–Crippen LogP) is 10.4. The van der Waals surface area contributed by atoms with Gasteiger partial charge in [-0.15, -0.1) is 5.75 Å². The lowest BCUT2D eigenvalue weighted by molar-refractivity contribution is -0.268. The van der Waals surface area contributed by atoms with Crippen LogP contribution in [-0.4, -0.2) is 19.9 Å². The van der Waals surface area contributed by atoms with E-state index in [0.29, 0.717) is 0 Å². The lowest BCUT2D eigenvalue weighted by Gasteiger charge is -2.08. The molecule has 5 heteroatoms. The number of hydrogen-bond acceptors (Lipinski definition) is 3. The number of fused-ring (bicyclic) bond motifs is 8. The molecule has 2 aliphatic heterocycles. The first-order chi connectivity index (χ1) is 24.2. The molecule has 0 saturated carbocycles. The van der Waals surface area contributed by atoms with E-state index in [1.54, 1.807) is 12.1 Å². The minimum Gasteiger partial charge on any atom is -0.872 e. The Morgan fingerprint density at radius 3 is 0.918 bits per heavy atom. The first-order valence-electron chi connectivity index (χ1n) is 16.3. The average molecular weight is 630 g/mol. The van der Waals surface area contributed by atoms with Gasteiger partial charge in [0.2, 0.25) is 0 Å². The van der Waals surface area contributed by atoms with Crippen molar-refractivity contribution in [2.45, 2.75) is 0 Å². The Bertz CT molecular complexity index is 2540. The van der Waals surface area contributed by atoms with Gasteiger partial charge in [-0.05, 0) is 70.8 Å². The molecule has 0 atom stereocenters.